The first-order valence-corrected chi connectivity index (χ1v) is 8.56. The van der Waals surface area contributed by atoms with E-state index in [0.29, 0.717) is 11.3 Å². The number of rotatable bonds is 5. The highest BCUT2D eigenvalue weighted by molar-refractivity contribution is 14.1. The van der Waals surface area contributed by atoms with Gasteiger partial charge in [-0.25, -0.2) is 0 Å². The quantitative estimate of drug-likeness (QED) is 0.369. The van der Waals surface area contributed by atoms with Crippen molar-refractivity contribution in [2.75, 3.05) is 5.32 Å². The molecule has 0 aliphatic heterocycles. The Hall–Kier alpha value is -1.73. The van der Waals surface area contributed by atoms with Crippen molar-refractivity contribution in [3.05, 3.63) is 80.4 Å². The lowest BCUT2D eigenvalue weighted by atomic mass is 10.1. The van der Waals surface area contributed by atoms with E-state index in [4.69, 9.17) is 0 Å². The van der Waals surface area contributed by atoms with Crippen LogP contribution >= 0.6 is 38.5 Å². The molecule has 116 valence electrons. The summed E-state index contributed by atoms with van der Waals surface area (Å²) in [6.07, 6.45) is 3.28. The van der Waals surface area contributed by atoms with Gasteiger partial charge in [0, 0.05) is 14.8 Å². The van der Waals surface area contributed by atoms with E-state index in [1.54, 1.807) is 30.3 Å². The lowest BCUT2D eigenvalue weighted by Crippen LogP contribution is -2.10. The lowest BCUT2D eigenvalue weighted by molar-refractivity contribution is -0.112. The van der Waals surface area contributed by atoms with Crippen LogP contribution in [0.3, 0.4) is 0 Å². The molecule has 1 N–H and O–H groups in total. The fraction of sp³-hybridized carbons (Fsp3) is 0. The molecule has 0 unspecified atom stereocenters. The molecule has 23 heavy (non-hydrogen) atoms. The maximum atomic E-state index is 12.1. The molecule has 0 bridgehead atoms. The van der Waals surface area contributed by atoms with Crippen LogP contribution in [0, 0.1) is 3.57 Å². The first-order chi connectivity index (χ1) is 11.0. The molecule has 2 aromatic rings. The van der Waals surface area contributed by atoms with E-state index in [2.05, 4.69) is 50.4 Å². The van der Waals surface area contributed by atoms with Crippen molar-refractivity contribution >= 4 is 62.0 Å². The Balaban J connectivity index is 2.02. The van der Waals surface area contributed by atoms with E-state index in [1.165, 1.54) is 6.08 Å². The number of amides is 1. The highest BCUT2D eigenvalue weighted by Crippen LogP contribution is 2.14. The van der Waals surface area contributed by atoms with Gasteiger partial charge in [0.2, 0.25) is 0 Å². The summed E-state index contributed by atoms with van der Waals surface area (Å²) in [6.45, 7) is 3.51. The van der Waals surface area contributed by atoms with E-state index >= 15 is 0 Å². The highest BCUT2D eigenvalue weighted by atomic mass is 127. The topological polar surface area (TPSA) is 46.2 Å². The molecule has 0 saturated carbocycles. The molecule has 0 fully saturated rings. The van der Waals surface area contributed by atoms with Crippen molar-refractivity contribution in [1.29, 1.82) is 0 Å². The molecule has 0 aliphatic carbocycles. The van der Waals surface area contributed by atoms with Crippen molar-refractivity contribution in [3.8, 4) is 0 Å². The van der Waals surface area contributed by atoms with E-state index in [0.717, 1.165) is 9.13 Å². The SMILES string of the molecule is C=C(Br)C(=O)Nc1ccc(/C=C/C(=O)c2ccc(I)cc2)cc1. The number of nitrogens with one attached hydrogen (secondary N) is 1. The number of benzene rings is 2. The number of hydrogen-bond donors (Lipinski definition) is 1. The molecular formula is C18H13BrINO2. The van der Waals surface area contributed by atoms with Crippen LogP contribution in [0.4, 0.5) is 5.69 Å². The normalized spacial score (nSPS) is 10.5. The number of allylic oxidation sites excluding steroid dienone is 1. The second-order valence-corrected chi connectivity index (χ2v) is 6.89. The average molecular weight is 482 g/mol. The molecule has 5 heteroatoms. The van der Waals surface area contributed by atoms with Crippen molar-refractivity contribution in [2.24, 2.45) is 0 Å². The van der Waals surface area contributed by atoms with Gasteiger partial charge in [-0.2, -0.15) is 0 Å². The van der Waals surface area contributed by atoms with Crippen LogP contribution in [0.25, 0.3) is 6.08 Å². The summed E-state index contributed by atoms with van der Waals surface area (Å²) in [5.41, 5.74) is 2.19. The van der Waals surface area contributed by atoms with Crippen LogP contribution in [0.1, 0.15) is 15.9 Å². The smallest absolute Gasteiger partial charge is 0.262 e. The molecule has 3 nitrogen and oxygen atoms in total. The minimum absolute atomic E-state index is 0.0469. The summed E-state index contributed by atoms with van der Waals surface area (Å²) in [6, 6.07) is 14.6. The Labute approximate surface area is 156 Å². The molecule has 0 aromatic heterocycles. The zero-order valence-electron chi connectivity index (χ0n) is 12.1. The molecule has 0 saturated heterocycles. The minimum atomic E-state index is -0.290. The number of halogens is 2. The van der Waals surface area contributed by atoms with Crippen molar-refractivity contribution in [3.63, 3.8) is 0 Å². The van der Waals surface area contributed by atoms with E-state index in [-0.39, 0.29) is 16.2 Å². The third-order valence-corrected chi connectivity index (χ3v) is 4.05. The van der Waals surface area contributed by atoms with Gasteiger partial charge in [0.25, 0.3) is 5.91 Å². The van der Waals surface area contributed by atoms with Crippen LogP contribution < -0.4 is 5.32 Å². The van der Waals surface area contributed by atoms with Gasteiger partial charge in [-0.05, 0) is 74.4 Å². The summed E-state index contributed by atoms with van der Waals surface area (Å²) in [5, 5.41) is 2.69. The second-order valence-electron chi connectivity index (χ2n) is 4.69. The van der Waals surface area contributed by atoms with E-state index in [1.807, 2.05) is 24.3 Å². The molecule has 0 spiro atoms. The number of carbonyl (C=O) groups is 2. The van der Waals surface area contributed by atoms with Crippen molar-refractivity contribution < 1.29 is 9.59 Å². The first-order valence-electron chi connectivity index (χ1n) is 6.69. The fourth-order valence-corrected chi connectivity index (χ4v) is 2.22. The number of hydrogen-bond acceptors (Lipinski definition) is 2. The molecule has 0 radical (unpaired) electrons. The van der Waals surface area contributed by atoms with Crippen LogP contribution in [0.15, 0.2) is 65.7 Å². The predicted octanol–water partition coefficient (Wildman–Crippen LogP) is 5.03. The summed E-state index contributed by atoms with van der Waals surface area (Å²) < 4.78 is 1.36. The Morgan fingerprint density at radius 3 is 2.22 bits per heavy atom. The fourth-order valence-electron chi connectivity index (χ4n) is 1.76. The van der Waals surface area contributed by atoms with Gasteiger partial charge < -0.3 is 5.32 Å². The third-order valence-electron chi connectivity index (χ3n) is 2.97. The maximum Gasteiger partial charge on any atom is 0.262 e. The molecular weight excluding hydrogens is 469 g/mol. The van der Waals surface area contributed by atoms with Gasteiger partial charge in [-0.3, -0.25) is 9.59 Å². The molecule has 0 atom stereocenters. The van der Waals surface area contributed by atoms with Gasteiger partial charge in [0.1, 0.15) is 0 Å². The van der Waals surface area contributed by atoms with Crippen molar-refractivity contribution in [2.45, 2.75) is 0 Å². The minimum Gasteiger partial charge on any atom is -0.322 e. The van der Waals surface area contributed by atoms with Gasteiger partial charge in [0.05, 0.1) is 4.48 Å². The number of anilines is 1. The molecule has 2 rings (SSSR count). The molecule has 0 heterocycles. The van der Waals surface area contributed by atoms with Crippen LogP contribution in [0.2, 0.25) is 0 Å². The second kappa shape index (κ2) is 8.21. The standard InChI is InChI=1S/C18H13BrINO2/c1-12(19)18(23)21-16-9-2-13(3-10-16)4-11-17(22)14-5-7-15(20)8-6-14/h2-11H,1H2,(H,21,23)/b11-4+. The maximum absolute atomic E-state index is 12.1. The number of carbonyl (C=O) groups excluding carboxylic acids is 2. The predicted molar refractivity (Wildman–Crippen MR) is 106 cm³/mol. The Bertz CT molecular complexity index is 765. The highest BCUT2D eigenvalue weighted by Gasteiger charge is 2.04. The summed E-state index contributed by atoms with van der Waals surface area (Å²) in [4.78, 5) is 23.5. The first kappa shape index (κ1) is 17.6. The number of ketones is 1. The largest absolute Gasteiger partial charge is 0.322 e. The Morgan fingerprint density at radius 1 is 1.04 bits per heavy atom. The average Bonchev–Trinajstić information content (AvgIpc) is 2.54. The van der Waals surface area contributed by atoms with E-state index in [9.17, 15) is 9.59 Å². The molecule has 0 aliphatic rings. The van der Waals surface area contributed by atoms with Crippen LogP contribution in [-0.4, -0.2) is 11.7 Å². The van der Waals surface area contributed by atoms with Gasteiger partial charge in [-0.15, -0.1) is 0 Å². The summed E-state index contributed by atoms with van der Waals surface area (Å²) >= 11 is 5.22. The monoisotopic (exact) mass is 481 g/mol. The Kier molecular flexibility index (Phi) is 6.29. The summed E-state index contributed by atoms with van der Waals surface area (Å²) in [5.74, 6) is -0.337. The zero-order chi connectivity index (χ0) is 16.8. The Morgan fingerprint density at radius 2 is 1.65 bits per heavy atom. The van der Waals surface area contributed by atoms with Gasteiger partial charge in [-0.1, -0.05) is 36.9 Å². The van der Waals surface area contributed by atoms with Crippen molar-refractivity contribution in [1.82, 2.24) is 0 Å². The van der Waals surface area contributed by atoms with E-state index < -0.39 is 0 Å². The summed E-state index contributed by atoms with van der Waals surface area (Å²) in [7, 11) is 0. The van der Waals surface area contributed by atoms with Gasteiger partial charge in [0.15, 0.2) is 5.78 Å². The van der Waals surface area contributed by atoms with Crippen LogP contribution in [0.5, 0.6) is 0 Å². The third kappa shape index (κ3) is 5.44. The van der Waals surface area contributed by atoms with Crippen LogP contribution in [-0.2, 0) is 4.79 Å². The van der Waals surface area contributed by atoms with Gasteiger partial charge >= 0.3 is 0 Å². The molecule has 2 aromatic carbocycles. The lowest BCUT2D eigenvalue weighted by Gasteiger charge is -2.04. The zero-order valence-corrected chi connectivity index (χ0v) is 15.8. The molecule has 1 amide bonds.